The first-order chi connectivity index (χ1) is 12.0. The molecule has 2 N–H and O–H groups in total. The molecule has 2 aromatic rings. The highest BCUT2D eigenvalue weighted by molar-refractivity contribution is 5.95. The summed E-state index contributed by atoms with van der Waals surface area (Å²) >= 11 is 0. The van der Waals surface area contributed by atoms with Gasteiger partial charge in [-0.2, -0.15) is 5.10 Å². The lowest BCUT2D eigenvalue weighted by Crippen LogP contribution is -2.42. The van der Waals surface area contributed by atoms with Crippen molar-refractivity contribution in [2.24, 2.45) is 5.92 Å². The standard InChI is InChI=1S/C18H23FN4O2.ClH/c1-12-8-14(19)5-6-15(12)23-11-16(24)17(21-23)18(25)22-7-3-4-13(10-22)9-20-2;/h5-6,8,11,13,20,24H,3-4,7,9-10H2,1-2H3;1H. The van der Waals surface area contributed by atoms with Gasteiger partial charge in [0.15, 0.2) is 11.4 Å². The Balaban J connectivity index is 0.00000243. The number of hydrogen-bond acceptors (Lipinski definition) is 4. The number of carbonyl (C=O) groups is 1. The average Bonchev–Trinajstić information content (AvgIpc) is 2.96. The summed E-state index contributed by atoms with van der Waals surface area (Å²) in [7, 11) is 1.90. The summed E-state index contributed by atoms with van der Waals surface area (Å²) < 4.78 is 14.7. The van der Waals surface area contributed by atoms with Crippen LogP contribution in [0, 0.1) is 18.7 Å². The van der Waals surface area contributed by atoms with E-state index in [-0.39, 0.29) is 35.6 Å². The third-order valence-electron chi connectivity index (χ3n) is 4.60. The van der Waals surface area contributed by atoms with Crippen molar-refractivity contribution in [2.45, 2.75) is 19.8 Å². The summed E-state index contributed by atoms with van der Waals surface area (Å²) in [5, 5.41) is 17.6. The Hall–Kier alpha value is -2.12. The molecule has 1 atom stereocenters. The van der Waals surface area contributed by atoms with Crippen LogP contribution in [0.2, 0.25) is 0 Å². The van der Waals surface area contributed by atoms with E-state index < -0.39 is 0 Å². The summed E-state index contributed by atoms with van der Waals surface area (Å²) in [6.45, 7) is 3.94. The quantitative estimate of drug-likeness (QED) is 0.852. The van der Waals surface area contributed by atoms with Crippen molar-refractivity contribution in [3.05, 3.63) is 41.5 Å². The van der Waals surface area contributed by atoms with Gasteiger partial charge in [0.1, 0.15) is 5.82 Å². The largest absolute Gasteiger partial charge is 0.504 e. The zero-order valence-electron chi connectivity index (χ0n) is 14.9. The first-order valence-electron chi connectivity index (χ1n) is 8.48. The van der Waals surface area contributed by atoms with E-state index in [0.29, 0.717) is 30.3 Å². The number of halogens is 2. The zero-order chi connectivity index (χ0) is 18.0. The van der Waals surface area contributed by atoms with Crippen LogP contribution in [0.5, 0.6) is 5.75 Å². The molecule has 1 aliphatic rings. The molecule has 1 unspecified atom stereocenters. The molecule has 8 heteroatoms. The van der Waals surface area contributed by atoms with E-state index >= 15 is 0 Å². The molecule has 26 heavy (non-hydrogen) atoms. The van der Waals surface area contributed by atoms with Gasteiger partial charge >= 0.3 is 0 Å². The Bertz CT molecular complexity index is 779. The maximum absolute atomic E-state index is 13.3. The van der Waals surface area contributed by atoms with Crippen LogP contribution in [0.3, 0.4) is 0 Å². The number of aryl methyl sites for hydroxylation is 1. The zero-order valence-corrected chi connectivity index (χ0v) is 15.7. The molecule has 0 bridgehead atoms. The van der Waals surface area contributed by atoms with Crippen molar-refractivity contribution in [3.63, 3.8) is 0 Å². The molecular formula is C18H24ClFN4O2. The van der Waals surface area contributed by atoms with Gasteiger partial charge in [-0.1, -0.05) is 0 Å². The van der Waals surface area contributed by atoms with Crippen LogP contribution < -0.4 is 5.32 Å². The monoisotopic (exact) mass is 382 g/mol. The molecule has 1 aliphatic heterocycles. The lowest BCUT2D eigenvalue weighted by Gasteiger charge is -2.32. The fourth-order valence-electron chi connectivity index (χ4n) is 3.37. The van der Waals surface area contributed by atoms with E-state index in [1.54, 1.807) is 17.9 Å². The van der Waals surface area contributed by atoms with Crippen LogP contribution in [-0.4, -0.2) is 52.4 Å². The number of amides is 1. The van der Waals surface area contributed by atoms with E-state index in [2.05, 4.69) is 10.4 Å². The second-order valence-electron chi connectivity index (χ2n) is 6.56. The molecular weight excluding hydrogens is 359 g/mol. The summed E-state index contributed by atoms with van der Waals surface area (Å²) in [6.07, 6.45) is 3.42. The van der Waals surface area contributed by atoms with Crippen LogP contribution >= 0.6 is 12.4 Å². The number of likely N-dealkylation sites (tertiary alicyclic amines) is 1. The molecule has 2 heterocycles. The van der Waals surface area contributed by atoms with Crippen LogP contribution in [0.15, 0.2) is 24.4 Å². The van der Waals surface area contributed by atoms with Crippen molar-refractivity contribution in [3.8, 4) is 11.4 Å². The summed E-state index contributed by atoms with van der Waals surface area (Å²) in [5.74, 6) is -0.356. The van der Waals surface area contributed by atoms with Gasteiger partial charge < -0.3 is 15.3 Å². The van der Waals surface area contributed by atoms with Gasteiger partial charge in [0.2, 0.25) is 0 Å². The number of piperidine rings is 1. The fraction of sp³-hybridized carbons (Fsp3) is 0.444. The fourth-order valence-corrected chi connectivity index (χ4v) is 3.37. The topological polar surface area (TPSA) is 70.4 Å². The number of nitrogens with zero attached hydrogens (tertiary/aromatic N) is 3. The van der Waals surface area contributed by atoms with Gasteiger partial charge in [0, 0.05) is 13.1 Å². The number of nitrogens with one attached hydrogen (secondary N) is 1. The Kier molecular flexibility index (Phi) is 6.61. The smallest absolute Gasteiger partial charge is 0.278 e. The predicted octanol–water partition coefficient (Wildman–Crippen LogP) is 2.52. The van der Waals surface area contributed by atoms with Gasteiger partial charge in [-0.25, -0.2) is 9.07 Å². The molecule has 6 nitrogen and oxygen atoms in total. The number of rotatable bonds is 4. The first-order valence-corrected chi connectivity index (χ1v) is 8.48. The van der Waals surface area contributed by atoms with E-state index in [0.717, 1.165) is 19.4 Å². The SMILES string of the molecule is CNCC1CCCN(C(=O)c2nn(-c3ccc(F)cc3C)cc2O)C1.Cl. The molecule has 1 saturated heterocycles. The number of carbonyl (C=O) groups excluding carboxylic acids is 1. The maximum atomic E-state index is 13.3. The minimum absolute atomic E-state index is 0. The minimum Gasteiger partial charge on any atom is -0.504 e. The van der Waals surface area contributed by atoms with Gasteiger partial charge in [-0.15, -0.1) is 12.4 Å². The highest BCUT2D eigenvalue weighted by atomic mass is 35.5. The van der Waals surface area contributed by atoms with Crippen molar-refractivity contribution in [2.75, 3.05) is 26.7 Å². The number of aromatic nitrogens is 2. The highest BCUT2D eigenvalue weighted by Gasteiger charge is 2.28. The molecule has 0 spiro atoms. The molecule has 1 aromatic heterocycles. The molecule has 1 aromatic carbocycles. The number of benzene rings is 1. The van der Waals surface area contributed by atoms with Crippen LogP contribution in [0.4, 0.5) is 4.39 Å². The maximum Gasteiger partial charge on any atom is 0.278 e. The number of hydrogen-bond donors (Lipinski definition) is 2. The minimum atomic E-state index is -0.335. The summed E-state index contributed by atoms with van der Waals surface area (Å²) in [4.78, 5) is 14.5. The van der Waals surface area contributed by atoms with Crippen LogP contribution in [-0.2, 0) is 0 Å². The molecule has 1 fully saturated rings. The van der Waals surface area contributed by atoms with Gasteiger partial charge in [0.05, 0.1) is 11.9 Å². The van der Waals surface area contributed by atoms with Crippen molar-refractivity contribution < 1.29 is 14.3 Å². The van der Waals surface area contributed by atoms with E-state index in [4.69, 9.17) is 0 Å². The normalized spacial score (nSPS) is 17.0. The molecule has 0 radical (unpaired) electrons. The number of aromatic hydroxyl groups is 1. The third-order valence-corrected chi connectivity index (χ3v) is 4.60. The predicted molar refractivity (Wildman–Crippen MR) is 99.7 cm³/mol. The molecule has 0 aliphatic carbocycles. The lowest BCUT2D eigenvalue weighted by atomic mass is 9.98. The lowest BCUT2D eigenvalue weighted by molar-refractivity contribution is 0.0665. The Morgan fingerprint density at radius 1 is 1.46 bits per heavy atom. The third kappa shape index (κ3) is 4.16. The second-order valence-corrected chi connectivity index (χ2v) is 6.56. The molecule has 0 saturated carbocycles. The van der Waals surface area contributed by atoms with Gasteiger partial charge in [0.25, 0.3) is 5.91 Å². The molecule has 3 rings (SSSR count). The summed E-state index contributed by atoms with van der Waals surface area (Å²) in [5.41, 5.74) is 1.34. The van der Waals surface area contributed by atoms with E-state index in [9.17, 15) is 14.3 Å². The average molecular weight is 383 g/mol. The van der Waals surface area contributed by atoms with E-state index in [1.165, 1.54) is 23.0 Å². The molecule has 142 valence electrons. The Morgan fingerprint density at radius 3 is 2.92 bits per heavy atom. The Morgan fingerprint density at radius 2 is 2.23 bits per heavy atom. The van der Waals surface area contributed by atoms with Crippen LogP contribution in [0.25, 0.3) is 5.69 Å². The van der Waals surface area contributed by atoms with Gasteiger partial charge in [-0.05, 0) is 63.0 Å². The van der Waals surface area contributed by atoms with E-state index in [1.807, 2.05) is 7.05 Å². The van der Waals surface area contributed by atoms with Crippen molar-refractivity contribution in [1.29, 1.82) is 0 Å². The first kappa shape index (κ1) is 20.2. The van der Waals surface area contributed by atoms with Crippen molar-refractivity contribution in [1.82, 2.24) is 20.0 Å². The van der Waals surface area contributed by atoms with Gasteiger partial charge in [-0.3, -0.25) is 4.79 Å². The molecule has 1 amide bonds. The second kappa shape index (κ2) is 8.51. The Labute approximate surface area is 158 Å². The van der Waals surface area contributed by atoms with Crippen LogP contribution in [0.1, 0.15) is 28.9 Å². The summed E-state index contributed by atoms with van der Waals surface area (Å²) in [6, 6.07) is 4.30. The highest BCUT2D eigenvalue weighted by Crippen LogP contribution is 2.24. The van der Waals surface area contributed by atoms with Crippen molar-refractivity contribution >= 4 is 18.3 Å².